The Hall–Kier alpha value is -2.81. The molecule has 0 aromatic carbocycles. The minimum absolute atomic E-state index is 0.469. The SMILES string of the molecule is COCc1cc(N2CC3CN(c4ncnc(C)c4C)CC3C2)n2ncnc2n1. The van der Waals surface area contributed by atoms with E-state index in [1.165, 1.54) is 5.56 Å². The van der Waals surface area contributed by atoms with Gasteiger partial charge in [-0.05, 0) is 13.8 Å². The summed E-state index contributed by atoms with van der Waals surface area (Å²) in [4.78, 5) is 22.5. The molecule has 0 spiro atoms. The molecule has 0 N–H and O–H groups in total. The lowest BCUT2D eigenvalue weighted by atomic mass is 10.0. The molecule has 2 aliphatic heterocycles. The maximum absolute atomic E-state index is 5.27. The fraction of sp³-hybridized carbons (Fsp3) is 0.526. The molecule has 146 valence electrons. The summed E-state index contributed by atoms with van der Waals surface area (Å²) in [5.41, 5.74) is 3.12. The number of methoxy groups -OCH3 is 1. The Bertz CT molecular complexity index is 1000. The van der Waals surface area contributed by atoms with Crippen molar-refractivity contribution in [3.63, 3.8) is 0 Å². The monoisotopic (exact) mass is 380 g/mol. The highest BCUT2D eigenvalue weighted by Gasteiger charge is 2.41. The molecular formula is C19H24N8O. The third-order valence-corrected chi connectivity index (χ3v) is 6.00. The fourth-order valence-corrected chi connectivity index (χ4v) is 4.49. The molecule has 0 radical (unpaired) electrons. The van der Waals surface area contributed by atoms with Crippen LogP contribution in [0.25, 0.3) is 5.78 Å². The van der Waals surface area contributed by atoms with Crippen molar-refractivity contribution in [3.05, 3.63) is 35.7 Å². The van der Waals surface area contributed by atoms with Crippen molar-refractivity contribution in [1.29, 1.82) is 0 Å². The first-order valence-corrected chi connectivity index (χ1v) is 9.60. The van der Waals surface area contributed by atoms with Crippen molar-refractivity contribution in [2.75, 3.05) is 43.1 Å². The average Bonchev–Trinajstić information content (AvgIpc) is 3.37. The van der Waals surface area contributed by atoms with Gasteiger partial charge in [0, 0.05) is 62.4 Å². The Morgan fingerprint density at radius 2 is 1.75 bits per heavy atom. The zero-order valence-electron chi connectivity index (χ0n) is 16.4. The molecule has 3 aromatic rings. The zero-order chi connectivity index (χ0) is 19.3. The van der Waals surface area contributed by atoms with E-state index >= 15 is 0 Å². The van der Waals surface area contributed by atoms with E-state index in [9.17, 15) is 0 Å². The summed E-state index contributed by atoms with van der Waals surface area (Å²) in [5.74, 6) is 3.96. The number of fused-ring (bicyclic) bond motifs is 2. The van der Waals surface area contributed by atoms with Gasteiger partial charge >= 0.3 is 0 Å². The van der Waals surface area contributed by atoms with Gasteiger partial charge in [-0.1, -0.05) is 0 Å². The molecule has 0 bridgehead atoms. The number of rotatable bonds is 4. The van der Waals surface area contributed by atoms with Crippen LogP contribution in [0.5, 0.6) is 0 Å². The standard InChI is InChI=1S/C19H24N8O/c1-12-13(2)20-10-21-18(12)26-7-14-5-25(6-15(14)8-26)17-4-16(9-28-3)24-19-22-11-23-27(17)19/h4,10-11,14-15H,5-9H2,1-3H3. The third-order valence-electron chi connectivity index (χ3n) is 6.00. The van der Waals surface area contributed by atoms with E-state index in [1.807, 2.05) is 11.4 Å². The van der Waals surface area contributed by atoms with E-state index in [-0.39, 0.29) is 0 Å². The summed E-state index contributed by atoms with van der Waals surface area (Å²) < 4.78 is 7.10. The molecule has 2 aliphatic rings. The largest absolute Gasteiger partial charge is 0.378 e. The Morgan fingerprint density at radius 3 is 2.50 bits per heavy atom. The molecule has 9 heteroatoms. The number of nitrogens with zero attached hydrogens (tertiary/aromatic N) is 8. The quantitative estimate of drug-likeness (QED) is 0.669. The van der Waals surface area contributed by atoms with Crippen LogP contribution in [-0.4, -0.2) is 62.8 Å². The van der Waals surface area contributed by atoms with Crippen LogP contribution in [-0.2, 0) is 11.3 Å². The van der Waals surface area contributed by atoms with Crippen LogP contribution < -0.4 is 9.80 Å². The summed E-state index contributed by atoms with van der Waals surface area (Å²) >= 11 is 0. The first kappa shape index (κ1) is 17.3. The molecule has 0 saturated carbocycles. The number of aryl methyl sites for hydroxylation is 1. The molecule has 5 heterocycles. The molecular weight excluding hydrogens is 356 g/mol. The number of aromatic nitrogens is 6. The van der Waals surface area contributed by atoms with E-state index in [2.05, 4.69) is 47.8 Å². The van der Waals surface area contributed by atoms with Gasteiger partial charge in [0.05, 0.1) is 12.3 Å². The van der Waals surface area contributed by atoms with Crippen LogP contribution >= 0.6 is 0 Å². The van der Waals surface area contributed by atoms with Gasteiger partial charge in [0.2, 0.25) is 0 Å². The van der Waals surface area contributed by atoms with Gasteiger partial charge in [0.15, 0.2) is 0 Å². The first-order chi connectivity index (χ1) is 13.6. The topological polar surface area (TPSA) is 84.6 Å². The van der Waals surface area contributed by atoms with Gasteiger partial charge < -0.3 is 14.5 Å². The van der Waals surface area contributed by atoms with Crippen molar-refractivity contribution in [2.24, 2.45) is 11.8 Å². The molecule has 3 aromatic heterocycles. The Morgan fingerprint density at radius 1 is 1.00 bits per heavy atom. The summed E-state index contributed by atoms with van der Waals surface area (Å²) in [6.07, 6.45) is 3.23. The number of ether oxygens (including phenoxy) is 1. The normalized spacial score (nSPS) is 21.7. The van der Waals surface area contributed by atoms with Gasteiger partial charge in [0.25, 0.3) is 5.78 Å². The van der Waals surface area contributed by atoms with Crippen LogP contribution in [0.3, 0.4) is 0 Å². The van der Waals surface area contributed by atoms with E-state index in [1.54, 1.807) is 19.8 Å². The number of hydrogen-bond acceptors (Lipinski definition) is 8. The van der Waals surface area contributed by atoms with Crippen LogP contribution in [0.2, 0.25) is 0 Å². The van der Waals surface area contributed by atoms with Gasteiger partial charge in [-0.15, -0.1) is 0 Å². The maximum Gasteiger partial charge on any atom is 0.254 e. The first-order valence-electron chi connectivity index (χ1n) is 9.60. The third kappa shape index (κ3) is 2.77. The molecule has 0 amide bonds. The molecule has 2 saturated heterocycles. The van der Waals surface area contributed by atoms with E-state index < -0.39 is 0 Å². The molecule has 28 heavy (non-hydrogen) atoms. The number of hydrogen-bond donors (Lipinski definition) is 0. The molecule has 2 unspecified atom stereocenters. The minimum atomic E-state index is 0.469. The second kappa shape index (κ2) is 6.66. The van der Waals surface area contributed by atoms with Gasteiger partial charge in [-0.3, -0.25) is 0 Å². The van der Waals surface area contributed by atoms with E-state index in [0.29, 0.717) is 24.2 Å². The Kier molecular flexibility index (Phi) is 4.12. The second-order valence-electron chi connectivity index (χ2n) is 7.75. The molecule has 5 rings (SSSR count). The minimum Gasteiger partial charge on any atom is -0.378 e. The maximum atomic E-state index is 5.27. The predicted molar refractivity (Wildman–Crippen MR) is 104 cm³/mol. The van der Waals surface area contributed by atoms with Gasteiger partial charge in [0.1, 0.15) is 24.3 Å². The molecule has 2 atom stereocenters. The van der Waals surface area contributed by atoms with E-state index in [4.69, 9.17) is 4.74 Å². The number of anilines is 2. The summed E-state index contributed by atoms with van der Waals surface area (Å²) in [6, 6.07) is 2.07. The highest BCUT2D eigenvalue weighted by atomic mass is 16.5. The summed E-state index contributed by atoms with van der Waals surface area (Å²) in [7, 11) is 1.68. The van der Waals surface area contributed by atoms with Crippen molar-refractivity contribution in [2.45, 2.75) is 20.5 Å². The van der Waals surface area contributed by atoms with Crippen molar-refractivity contribution >= 4 is 17.4 Å². The smallest absolute Gasteiger partial charge is 0.254 e. The van der Waals surface area contributed by atoms with Crippen LogP contribution in [0.15, 0.2) is 18.7 Å². The lowest BCUT2D eigenvalue weighted by Gasteiger charge is -2.25. The Labute approximate surface area is 163 Å². The summed E-state index contributed by atoms with van der Waals surface area (Å²) in [6.45, 7) is 8.66. The molecule has 0 aliphatic carbocycles. The second-order valence-corrected chi connectivity index (χ2v) is 7.75. The van der Waals surface area contributed by atoms with E-state index in [0.717, 1.165) is 49.2 Å². The van der Waals surface area contributed by atoms with Crippen LogP contribution in [0.4, 0.5) is 11.6 Å². The molecule has 9 nitrogen and oxygen atoms in total. The van der Waals surface area contributed by atoms with Crippen LogP contribution in [0, 0.1) is 25.7 Å². The highest BCUT2D eigenvalue weighted by Crippen LogP contribution is 2.36. The van der Waals surface area contributed by atoms with Crippen molar-refractivity contribution < 1.29 is 4.74 Å². The summed E-state index contributed by atoms with van der Waals surface area (Å²) in [5, 5.41) is 4.38. The Balaban J connectivity index is 1.38. The zero-order valence-corrected chi connectivity index (χ0v) is 16.4. The van der Waals surface area contributed by atoms with Crippen molar-refractivity contribution in [1.82, 2.24) is 29.5 Å². The lowest BCUT2D eigenvalue weighted by Crippen LogP contribution is -2.31. The van der Waals surface area contributed by atoms with Gasteiger partial charge in [-0.25, -0.2) is 15.0 Å². The molecule has 2 fully saturated rings. The lowest BCUT2D eigenvalue weighted by molar-refractivity contribution is 0.181. The average molecular weight is 380 g/mol. The highest BCUT2D eigenvalue weighted by molar-refractivity contribution is 5.52. The van der Waals surface area contributed by atoms with Crippen molar-refractivity contribution in [3.8, 4) is 0 Å². The fourth-order valence-electron chi connectivity index (χ4n) is 4.49. The van der Waals surface area contributed by atoms with Crippen LogP contribution in [0.1, 0.15) is 17.0 Å². The van der Waals surface area contributed by atoms with Gasteiger partial charge in [-0.2, -0.15) is 14.6 Å². The predicted octanol–water partition coefficient (Wildman–Crippen LogP) is 1.25.